The Morgan fingerprint density at radius 1 is 0.492 bits per heavy atom. The van der Waals surface area contributed by atoms with E-state index in [4.69, 9.17) is 14.3 Å². The van der Waals surface area contributed by atoms with Gasteiger partial charge in [-0.1, -0.05) is 50.2 Å². The van der Waals surface area contributed by atoms with Gasteiger partial charge in [0.05, 0.1) is 40.2 Å². The third kappa shape index (κ3) is 9.89. The molecular formula is C45H36N2O12. The molecule has 0 aliphatic rings. The number of carbonyl (C=O) groups excluding carboxylic acids is 1. The van der Waals surface area contributed by atoms with Crippen molar-refractivity contribution in [2.24, 2.45) is 0 Å². The van der Waals surface area contributed by atoms with Crippen LogP contribution in [0.1, 0.15) is 82.3 Å². The third-order valence-corrected chi connectivity index (χ3v) is 9.33. The van der Waals surface area contributed by atoms with E-state index < -0.39 is 29.8 Å². The Kier molecular flexibility index (Phi) is 12.0. The number of aromatic carboxylic acids is 4. The fraction of sp³-hybridized carbons (Fsp3) is 0.0889. The highest BCUT2D eigenvalue weighted by Gasteiger charge is 2.24. The summed E-state index contributed by atoms with van der Waals surface area (Å²) in [7, 11) is 0. The van der Waals surface area contributed by atoms with Crippen LogP contribution in [0.15, 0.2) is 133 Å². The second kappa shape index (κ2) is 17.4. The maximum absolute atomic E-state index is 12.9. The van der Waals surface area contributed by atoms with Gasteiger partial charge in [0.15, 0.2) is 0 Å². The van der Waals surface area contributed by atoms with E-state index >= 15 is 0 Å². The smallest absolute Gasteiger partial charge is 0.337 e. The third-order valence-electron chi connectivity index (χ3n) is 9.33. The molecule has 59 heavy (non-hydrogen) atoms. The van der Waals surface area contributed by atoms with Crippen molar-refractivity contribution in [3.8, 4) is 23.0 Å². The minimum atomic E-state index is -1.31. The molecule has 14 heteroatoms. The lowest BCUT2D eigenvalue weighted by atomic mass is 9.78. The molecule has 6 aromatic rings. The van der Waals surface area contributed by atoms with Gasteiger partial charge in [0.2, 0.25) is 0 Å². The van der Waals surface area contributed by atoms with Crippen molar-refractivity contribution in [3.05, 3.63) is 178 Å². The fourth-order valence-electron chi connectivity index (χ4n) is 5.95. The SMILES string of the molecule is CC(C)(c1ccc(Oc2ccc(CONc3cc(C(=O)O)ccc3C(=O)O)cc2)cc1)c1ccc(Oc2ccc(C(=O)Nc3cc(C(=O)O)ccc3C(=O)O)cc2)cc1. The molecule has 14 nitrogen and oxygen atoms in total. The van der Waals surface area contributed by atoms with Gasteiger partial charge in [-0.2, -0.15) is 0 Å². The number of nitrogens with one attached hydrogen (secondary N) is 2. The van der Waals surface area contributed by atoms with Gasteiger partial charge < -0.3 is 35.2 Å². The molecule has 0 aliphatic heterocycles. The number of ether oxygens (including phenoxy) is 2. The Bertz CT molecular complexity index is 2530. The lowest BCUT2D eigenvalue weighted by molar-refractivity contribution is 0.0680. The first-order valence-corrected chi connectivity index (χ1v) is 17.8. The highest BCUT2D eigenvalue weighted by atomic mass is 16.6. The molecule has 0 fully saturated rings. The van der Waals surface area contributed by atoms with Crippen molar-refractivity contribution in [1.82, 2.24) is 0 Å². The van der Waals surface area contributed by atoms with E-state index in [0.29, 0.717) is 23.0 Å². The Labute approximate surface area is 336 Å². The van der Waals surface area contributed by atoms with E-state index in [9.17, 15) is 44.4 Å². The summed E-state index contributed by atoms with van der Waals surface area (Å²) in [4.78, 5) is 64.1. The first kappa shape index (κ1) is 40.7. The largest absolute Gasteiger partial charge is 0.478 e. The normalized spacial score (nSPS) is 10.9. The first-order chi connectivity index (χ1) is 28.2. The van der Waals surface area contributed by atoms with Gasteiger partial charge in [-0.05, 0) is 114 Å². The van der Waals surface area contributed by atoms with Crippen LogP contribution in [-0.4, -0.2) is 50.2 Å². The van der Waals surface area contributed by atoms with Crippen molar-refractivity contribution in [3.63, 3.8) is 0 Å². The molecule has 6 N–H and O–H groups in total. The van der Waals surface area contributed by atoms with Crippen LogP contribution in [-0.2, 0) is 16.9 Å². The summed E-state index contributed by atoms with van der Waals surface area (Å²) in [5.41, 5.74) is 4.45. The molecule has 1 amide bonds. The van der Waals surface area contributed by atoms with Crippen LogP contribution in [0.3, 0.4) is 0 Å². The van der Waals surface area contributed by atoms with Gasteiger partial charge in [0.1, 0.15) is 23.0 Å². The molecule has 0 saturated heterocycles. The van der Waals surface area contributed by atoms with Crippen molar-refractivity contribution in [2.75, 3.05) is 10.8 Å². The zero-order valence-corrected chi connectivity index (χ0v) is 31.5. The number of carboxylic acids is 4. The first-order valence-electron chi connectivity index (χ1n) is 17.8. The predicted octanol–water partition coefficient (Wildman–Crippen LogP) is 9.19. The van der Waals surface area contributed by atoms with Crippen molar-refractivity contribution >= 4 is 41.2 Å². The highest BCUT2D eigenvalue weighted by molar-refractivity contribution is 6.08. The number of anilines is 2. The number of benzene rings is 6. The molecule has 6 rings (SSSR count). The number of hydrogen-bond donors (Lipinski definition) is 6. The maximum atomic E-state index is 12.9. The molecule has 0 saturated carbocycles. The quantitative estimate of drug-likeness (QED) is 0.0504. The van der Waals surface area contributed by atoms with Crippen molar-refractivity contribution < 1.29 is 58.7 Å². The summed E-state index contributed by atoms with van der Waals surface area (Å²) in [6.07, 6.45) is 0. The average molecular weight is 797 g/mol. The van der Waals surface area contributed by atoms with Crippen LogP contribution in [0.2, 0.25) is 0 Å². The average Bonchev–Trinajstić information content (AvgIpc) is 3.22. The van der Waals surface area contributed by atoms with E-state index in [1.54, 1.807) is 36.4 Å². The Morgan fingerprint density at radius 3 is 1.32 bits per heavy atom. The molecule has 6 aromatic carbocycles. The Hall–Kier alpha value is -7.97. The zero-order chi connectivity index (χ0) is 42.3. The number of carboxylic acid groups (broad SMARTS) is 4. The molecule has 0 unspecified atom stereocenters. The number of hydrogen-bond acceptors (Lipinski definition) is 9. The van der Waals surface area contributed by atoms with Crippen LogP contribution in [0, 0.1) is 0 Å². The van der Waals surface area contributed by atoms with Crippen LogP contribution in [0.5, 0.6) is 23.0 Å². The molecular weight excluding hydrogens is 760 g/mol. The van der Waals surface area contributed by atoms with Gasteiger partial charge in [-0.25, -0.2) is 19.2 Å². The standard InChI is InChI=1S/C45H36N2O12/c1-45(2,30-9-17-34(18-10-30)58-32-13-3-26(4-14-32)25-57-47-39-24-29(42(51)52)8-22-37(39)44(55)56)31-11-19-35(20-12-31)59-33-15-5-27(6-16-33)40(48)46-38-23-28(41(49)50)7-21-36(38)43(53)54/h3-24,47H,25H2,1-2H3,(H,46,48)(H,49,50)(H,51,52)(H,53,54)(H,55,56). The molecule has 0 aromatic heterocycles. The molecule has 0 heterocycles. The highest BCUT2D eigenvalue weighted by Crippen LogP contribution is 2.35. The second-order valence-corrected chi connectivity index (χ2v) is 13.6. The summed E-state index contributed by atoms with van der Waals surface area (Å²) in [5, 5.41) is 39.8. The summed E-state index contributed by atoms with van der Waals surface area (Å²) >= 11 is 0. The summed E-state index contributed by atoms with van der Waals surface area (Å²) in [6, 6.07) is 35.6. The molecule has 0 atom stereocenters. The van der Waals surface area contributed by atoms with Crippen LogP contribution in [0.4, 0.5) is 11.4 Å². The fourth-order valence-corrected chi connectivity index (χ4v) is 5.95. The van der Waals surface area contributed by atoms with Gasteiger partial charge in [-0.3, -0.25) is 15.1 Å². The number of amides is 1. The van der Waals surface area contributed by atoms with Gasteiger partial charge >= 0.3 is 23.9 Å². The summed E-state index contributed by atoms with van der Waals surface area (Å²) < 4.78 is 12.0. The van der Waals surface area contributed by atoms with Gasteiger partial charge in [0, 0.05) is 11.0 Å². The van der Waals surface area contributed by atoms with Crippen LogP contribution >= 0.6 is 0 Å². The van der Waals surface area contributed by atoms with Gasteiger partial charge in [0.25, 0.3) is 5.91 Å². The molecule has 0 bridgehead atoms. The Morgan fingerprint density at radius 2 is 0.881 bits per heavy atom. The minimum Gasteiger partial charge on any atom is -0.478 e. The lowest BCUT2D eigenvalue weighted by Crippen LogP contribution is -2.18. The van der Waals surface area contributed by atoms with Crippen molar-refractivity contribution in [1.29, 1.82) is 0 Å². The zero-order valence-electron chi connectivity index (χ0n) is 31.5. The number of carbonyl (C=O) groups is 5. The molecule has 0 spiro atoms. The molecule has 0 radical (unpaired) electrons. The van der Waals surface area contributed by atoms with E-state index in [1.807, 2.05) is 48.5 Å². The summed E-state index contributed by atoms with van der Waals surface area (Å²) in [5.74, 6) is -3.39. The van der Waals surface area contributed by atoms with E-state index in [2.05, 4.69) is 24.6 Å². The van der Waals surface area contributed by atoms with E-state index in [1.165, 1.54) is 30.3 Å². The minimum absolute atomic E-state index is 0.0210. The van der Waals surface area contributed by atoms with E-state index in [0.717, 1.165) is 34.9 Å². The maximum Gasteiger partial charge on any atom is 0.337 e. The van der Waals surface area contributed by atoms with Crippen LogP contribution < -0.4 is 20.3 Å². The predicted molar refractivity (Wildman–Crippen MR) is 215 cm³/mol. The summed E-state index contributed by atoms with van der Waals surface area (Å²) in [6.45, 7) is 4.26. The van der Waals surface area contributed by atoms with E-state index in [-0.39, 0.29) is 51.2 Å². The topological polar surface area (TPSA) is 218 Å². The molecule has 0 aliphatic carbocycles. The lowest BCUT2D eigenvalue weighted by Gasteiger charge is -2.26. The monoisotopic (exact) mass is 796 g/mol. The van der Waals surface area contributed by atoms with Crippen molar-refractivity contribution in [2.45, 2.75) is 25.9 Å². The Balaban J connectivity index is 1.02. The van der Waals surface area contributed by atoms with Gasteiger partial charge in [-0.15, -0.1) is 0 Å². The van der Waals surface area contributed by atoms with Crippen LogP contribution in [0.25, 0.3) is 0 Å². The molecule has 298 valence electrons. The number of rotatable bonds is 16. The second-order valence-electron chi connectivity index (χ2n) is 13.6.